The molecule has 4 nitrogen and oxygen atoms in total. The average molecular weight is 282 g/mol. The van der Waals surface area contributed by atoms with E-state index in [9.17, 15) is 0 Å². The van der Waals surface area contributed by atoms with Gasteiger partial charge >= 0.3 is 0 Å². The van der Waals surface area contributed by atoms with Crippen LogP contribution in [0.25, 0.3) is 0 Å². The van der Waals surface area contributed by atoms with Gasteiger partial charge in [0.1, 0.15) is 0 Å². The summed E-state index contributed by atoms with van der Waals surface area (Å²) < 4.78 is 0. The van der Waals surface area contributed by atoms with Crippen molar-refractivity contribution in [1.29, 1.82) is 0 Å². The van der Waals surface area contributed by atoms with Crippen molar-refractivity contribution in [2.45, 2.75) is 38.8 Å². The molecular weight excluding hydrogens is 256 g/mol. The summed E-state index contributed by atoms with van der Waals surface area (Å²) in [7, 11) is 2.17. The van der Waals surface area contributed by atoms with Crippen LogP contribution in [-0.4, -0.2) is 54.1 Å². The number of piperazine rings is 1. The third kappa shape index (κ3) is 3.75. The van der Waals surface area contributed by atoms with Gasteiger partial charge in [-0.3, -0.25) is 4.90 Å². The topological polar surface area (TPSA) is 45.4 Å². The molecule has 1 aliphatic heterocycles. The Morgan fingerprint density at radius 1 is 1.42 bits per heavy atom. The summed E-state index contributed by atoms with van der Waals surface area (Å²) in [6.07, 6.45) is 0. The Kier molecular flexibility index (Phi) is 4.61. The van der Waals surface area contributed by atoms with Gasteiger partial charge in [-0.15, -0.1) is 11.3 Å². The van der Waals surface area contributed by atoms with E-state index in [1.54, 1.807) is 11.3 Å². The van der Waals surface area contributed by atoms with E-state index in [4.69, 9.17) is 10.7 Å². The zero-order chi connectivity index (χ0) is 14.0. The second kappa shape index (κ2) is 5.87. The van der Waals surface area contributed by atoms with Gasteiger partial charge in [-0.2, -0.15) is 0 Å². The summed E-state index contributed by atoms with van der Waals surface area (Å²) in [4.78, 5) is 9.62. The lowest BCUT2D eigenvalue weighted by Crippen LogP contribution is -2.54. The van der Waals surface area contributed by atoms with Crippen LogP contribution < -0.4 is 5.73 Å². The molecule has 1 saturated heterocycles. The normalized spacial score (nSPS) is 22.9. The van der Waals surface area contributed by atoms with Crippen LogP contribution in [0, 0.1) is 0 Å². The second-order valence-electron chi connectivity index (χ2n) is 6.52. The minimum Gasteiger partial charge on any atom is -0.329 e. The zero-order valence-corrected chi connectivity index (χ0v) is 13.3. The van der Waals surface area contributed by atoms with Crippen molar-refractivity contribution in [3.63, 3.8) is 0 Å². The van der Waals surface area contributed by atoms with Crippen LogP contribution in [0.5, 0.6) is 0 Å². The minimum atomic E-state index is 0.151. The van der Waals surface area contributed by atoms with Crippen LogP contribution in [0.2, 0.25) is 0 Å². The number of likely N-dealkylation sites (N-methyl/N-ethyl adjacent to an activating group) is 1. The minimum absolute atomic E-state index is 0.151. The monoisotopic (exact) mass is 282 g/mol. The summed E-state index contributed by atoms with van der Waals surface area (Å²) in [5.74, 6) is 0. The summed E-state index contributed by atoms with van der Waals surface area (Å²) in [6.45, 7) is 11.6. The van der Waals surface area contributed by atoms with Gasteiger partial charge in [0.05, 0.1) is 10.7 Å². The molecule has 0 bridgehead atoms. The quantitative estimate of drug-likeness (QED) is 0.913. The molecule has 0 spiro atoms. The molecule has 5 heteroatoms. The highest BCUT2D eigenvalue weighted by Gasteiger charge is 2.25. The molecule has 0 amide bonds. The summed E-state index contributed by atoms with van der Waals surface area (Å²) in [5.41, 5.74) is 7.24. The number of aromatic nitrogens is 1. The lowest BCUT2D eigenvalue weighted by Gasteiger charge is -2.39. The SMILES string of the molecule is CN1CCN(Cc2csc(C(C)(C)C)n2)C(CN)C1. The second-order valence-corrected chi connectivity index (χ2v) is 7.37. The zero-order valence-electron chi connectivity index (χ0n) is 12.5. The van der Waals surface area contributed by atoms with E-state index in [1.165, 1.54) is 10.7 Å². The first-order valence-corrected chi connectivity index (χ1v) is 7.85. The first-order chi connectivity index (χ1) is 8.90. The van der Waals surface area contributed by atoms with Crippen molar-refractivity contribution in [2.75, 3.05) is 33.2 Å². The predicted octanol–water partition coefficient (Wildman–Crippen LogP) is 1.52. The predicted molar refractivity (Wildman–Crippen MR) is 81.6 cm³/mol. The number of hydrogen-bond acceptors (Lipinski definition) is 5. The number of nitrogens with two attached hydrogens (primary N) is 1. The molecule has 1 aromatic heterocycles. The fraction of sp³-hybridized carbons (Fsp3) is 0.786. The number of thiazole rings is 1. The van der Waals surface area contributed by atoms with Gasteiger partial charge in [-0.05, 0) is 7.05 Å². The van der Waals surface area contributed by atoms with Gasteiger partial charge in [-0.25, -0.2) is 4.98 Å². The maximum atomic E-state index is 5.90. The summed E-state index contributed by atoms with van der Waals surface area (Å²) >= 11 is 1.77. The number of hydrogen-bond donors (Lipinski definition) is 1. The Bertz CT molecular complexity index is 410. The molecule has 108 valence electrons. The first kappa shape index (κ1) is 14.9. The van der Waals surface area contributed by atoms with Crippen molar-refractivity contribution >= 4 is 11.3 Å². The van der Waals surface area contributed by atoms with Crippen LogP contribution in [0.1, 0.15) is 31.5 Å². The lowest BCUT2D eigenvalue weighted by molar-refractivity contribution is 0.0871. The molecule has 1 unspecified atom stereocenters. The average Bonchev–Trinajstić information content (AvgIpc) is 2.79. The van der Waals surface area contributed by atoms with Crippen LogP contribution in [0.15, 0.2) is 5.38 Å². The van der Waals surface area contributed by atoms with Crippen LogP contribution in [0.3, 0.4) is 0 Å². The molecule has 1 aromatic rings. The van der Waals surface area contributed by atoms with Gasteiger partial charge in [0.2, 0.25) is 0 Å². The number of rotatable bonds is 3. The molecule has 2 rings (SSSR count). The van der Waals surface area contributed by atoms with E-state index >= 15 is 0 Å². The van der Waals surface area contributed by atoms with Crippen LogP contribution in [-0.2, 0) is 12.0 Å². The molecule has 0 radical (unpaired) electrons. The molecule has 2 N–H and O–H groups in total. The molecule has 19 heavy (non-hydrogen) atoms. The Morgan fingerprint density at radius 3 is 2.74 bits per heavy atom. The third-order valence-electron chi connectivity index (χ3n) is 3.64. The van der Waals surface area contributed by atoms with Gasteiger partial charge < -0.3 is 10.6 Å². The van der Waals surface area contributed by atoms with E-state index in [2.05, 4.69) is 43.0 Å². The Labute approximate surface area is 120 Å². The van der Waals surface area contributed by atoms with Gasteiger partial charge in [0.15, 0.2) is 0 Å². The van der Waals surface area contributed by atoms with Crippen molar-refractivity contribution in [3.8, 4) is 0 Å². The standard InChI is InChI=1S/C14H26N4S/c1-14(2,3)13-16-11(10-19-13)8-18-6-5-17(4)9-12(18)7-15/h10,12H,5-9,15H2,1-4H3. The maximum absolute atomic E-state index is 5.90. The molecule has 0 aliphatic carbocycles. The molecule has 0 aromatic carbocycles. The van der Waals surface area contributed by atoms with E-state index in [0.717, 1.165) is 32.7 Å². The molecule has 1 aliphatic rings. The number of nitrogens with zero attached hydrogens (tertiary/aromatic N) is 3. The molecular formula is C14H26N4S. The lowest BCUT2D eigenvalue weighted by atomic mass is 9.98. The highest BCUT2D eigenvalue weighted by Crippen LogP contribution is 2.26. The third-order valence-corrected chi connectivity index (χ3v) is 4.96. The van der Waals surface area contributed by atoms with Crippen LogP contribution in [0.4, 0.5) is 0 Å². The van der Waals surface area contributed by atoms with Gasteiger partial charge in [-0.1, -0.05) is 20.8 Å². The van der Waals surface area contributed by atoms with E-state index in [-0.39, 0.29) is 5.41 Å². The molecule has 1 fully saturated rings. The Hall–Kier alpha value is -0.490. The van der Waals surface area contributed by atoms with Crippen molar-refractivity contribution in [3.05, 3.63) is 16.1 Å². The van der Waals surface area contributed by atoms with Crippen molar-refractivity contribution in [2.24, 2.45) is 5.73 Å². The van der Waals surface area contributed by atoms with E-state index in [1.807, 2.05) is 0 Å². The largest absolute Gasteiger partial charge is 0.329 e. The van der Waals surface area contributed by atoms with Crippen molar-refractivity contribution in [1.82, 2.24) is 14.8 Å². The van der Waals surface area contributed by atoms with Crippen LogP contribution >= 0.6 is 11.3 Å². The molecule has 1 atom stereocenters. The molecule has 2 heterocycles. The van der Waals surface area contributed by atoms with E-state index < -0.39 is 0 Å². The maximum Gasteiger partial charge on any atom is 0.0982 e. The van der Waals surface area contributed by atoms with Crippen molar-refractivity contribution < 1.29 is 0 Å². The summed E-state index contributed by atoms with van der Waals surface area (Å²) in [6, 6.07) is 0.457. The Balaban J connectivity index is 2.02. The van der Waals surface area contributed by atoms with Gasteiger partial charge in [0, 0.05) is 49.6 Å². The fourth-order valence-corrected chi connectivity index (χ4v) is 3.31. The highest BCUT2D eigenvalue weighted by molar-refractivity contribution is 7.09. The van der Waals surface area contributed by atoms with E-state index in [0.29, 0.717) is 6.04 Å². The summed E-state index contributed by atoms with van der Waals surface area (Å²) in [5, 5.41) is 3.42. The van der Waals surface area contributed by atoms with Gasteiger partial charge in [0.25, 0.3) is 0 Å². The molecule has 0 saturated carbocycles. The first-order valence-electron chi connectivity index (χ1n) is 6.97. The fourth-order valence-electron chi connectivity index (χ4n) is 2.41. The Morgan fingerprint density at radius 2 is 2.16 bits per heavy atom. The highest BCUT2D eigenvalue weighted by atomic mass is 32.1. The smallest absolute Gasteiger partial charge is 0.0982 e.